The van der Waals surface area contributed by atoms with E-state index in [0.29, 0.717) is 13.1 Å². The van der Waals surface area contributed by atoms with Gasteiger partial charge in [0.1, 0.15) is 0 Å². The molecule has 0 spiro atoms. The van der Waals surface area contributed by atoms with Crippen LogP contribution in [0.25, 0.3) is 0 Å². The van der Waals surface area contributed by atoms with Crippen LogP contribution >= 0.6 is 12.4 Å². The smallest absolute Gasteiger partial charge is 0.234 e. The van der Waals surface area contributed by atoms with Crippen molar-refractivity contribution in [2.24, 2.45) is 0 Å². The molecule has 0 bridgehead atoms. The van der Waals surface area contributed by atoms with Crippen molar-refractivity contribution in [3.05, 3.63) is 29.8 Å². The Bertz CT molecular complexity index is 476. The quantitative estimate of drug-likeness (QED) is 0.888. The van der Waals surface area contributed by atoms with E-state index in [2.05, 4.69) is 5.32 Å². The van der Waals surface area contributed by atoms with Crippen LogP contribution in [0.1, 0.15) is 12.5 Å². The summed E-state index contributed by atoms with van der Waals surface area (Å²) >= 11 is 0. The lowest BCUT2D eigenvalue weighted by Crippen LogP contribution is -2.35. The van der Waals surface area contributed by atoms with Gasteiger partial charge in [-0.1, -0.05) is 18.2 Å². The van der Waals surface area contributed by atoms with Gasteiger partial charge in [0, 0.05) is 19.6 Å². The van der Waals surface area contributed by atoms with Gasteiger partial charge in [-0.25, -0.2) is 8.42 Å². The number of nitrogens with zero attached hydrogens (tertiary/aromatic N) is 1. The van der Waals surface area contributed by atoms with Crippen LogP contribution in [0.4, 0.5) is 5.69 Å². The Morgan fingerprint density at radius 3 is 2.76 bits per heavy atom. The third-order valence-corrected chi connectivity index (χ3v) is 4.55. The molecule has 2 rings (SSSR count). The molecule has 4 nitrogen and oxygen atoms in total. The fourth-order valence-corrected chi connectivity index (χ4v) is 3.03. The number of nitrogens with one attached hydrogen (secondary N) is 1. The maximum atomic E-state index is 12.0. The van der Waals surface area contributed by atoms with Crippen LogP contribution in [0, 0.1) is 0 Å². The number of hydrogen-bond donors (Lipinski definition) is 1. The minimum atomic E-state index is -3.16. The summed E-state index contributed by atoms with van der Waals surface area (Å²) < 4.78 is 25.5. The number of para-hydroxylation sites is 1. The highest BCUT2D eigenvalue weighted by Crippen LogP contribution is 2.24. The molecule has 1 heterocycles. The second kappa shape index (κ2) is 5.71. The number of rotatable bonds is 2. The van der Waals surface area contributed by atoms with Gasteiger partial charge in [0.25, 0.3) is 0 Å². The normalized spacial score (nSPS) is 15.7. The van der Waals surface area contributed by atoms with E-state index in [1.54, 1.807) is 6.92 Å². The van der Waals surface area contributed by atoms with Crippen molar-refractivity contribution in [2.45, 2.75) is 13.5 Å². The maximum Gasteiger partial charge on any atom is 0.234 e. The minimum absolute atomic E-state index is 0. The molecule has 0 radical (unpaired) electrons. The van der Waals surface area contributed by atoms with Crippen molar-refractivity contribution >= 4 is 28.1 Å². The summed E-state index contributed by atoms with van der Waals surface area (Å²) in [6.07, 6.45) is 0. The summed E-state index contributed by atoms with van der Waals surface area (Å²) in [5, 5.41) is 3.22. The lowest BCUT2D eigenvalue weighted by atomic mass is 10.2. The van der Waals surface area contributed by atoms with E-state index in [-0.39, 0.29) is 18.2 Å². The van der Waals surface area contributed by atoms with Crippen molar-refractivity contribution in [3.63, 3.8) is 0 Å². The van der Waals surface area contributed by atoms with Crippen LogP contribution in [0.3, 0.4) is 0 Å². The van der Waals surface area contributed by atoms with Gasteiger partial charge < -0.3 is 5.32 Å². The van der Waals surface area contributed by atoms with Gasteiger partial charge in [-0.3, -0.25) is 4.31 Å². The van der Waals surface area contributed by atoms with Gasteiger partial charge in [-0.05, 0) is 18.6 Å². The highest BCUT2D eigenvalue weighted by molar-refractivity contribution is 7.92. The topological polar surface area (TPSA) is 49.4 Å². The first kappa shape index (κ1) is 14.3. The van der Waals surface area contributed by atoms with E-state index in [1.807, 2.05) is 24.3 Å². The molecule has 1 aliphatic rings. The molecule has 0 amide bonds. The molecule has 0 aromatic heterocycles. The van der Waals surface area contributed by atoms with Gasteiger partial charge in [0.2, 0.25) is 10.0 Å². The fourth-order valence-electron chi connectivity index (χ4n) is 1.87. The number of hydrogen-bond acceptors (Lipinski definition) is 3. The summed E-state index contributed by atoms with van der Waals surface area (Å²) in [5.74, 6) is 0.140. The van der Waals surface area contributed by atoms with Crippen LogP contribution in [0.5, 0.6) is 0 Å². The first-order valence-corrected chi connectivity index (χ1v) is 7.05. The molecule has 0 saturated carbocycles. The number of halogens is 1. The molecule has 6 heteroatoms. The van der Waals surface area contributed by atoms with Crippen LogP contribution in [0.2, 0.25) is 0 Å². The van der Waals surface area contributed by atoms with Gasteiger partial charge in [-0.2, -0.15) is 0 Å². The molecule has 0 aliphatic carbocycles. The second-order valence-electron chi connectivity index (χ2n) is 3.78. The molecule has 0 atom stereocenters. The van der Waals surface area contributed by atoms with E-state index in [4.69, 9.17) is 0 Å². The molecule has 0 unspecified atom stereocenters. The SMILES string of the molecule is CCS(=O)(=O)N1CCNCc2ccccc21.Cl. The summed E-state index contributed by atoms with van der Waals surface area (Å²) in [4.78, 5) is 0. The highest BCUT2D eigenvalue weighted by atomic mass is 35.5. The van der Waals surface area contributed by atoms with Crippen LogP contribution in [0.15, 0.2) is 24.3 Å². The molecule has 17 heavy (non-hydrogen) atoms. The largest absolute Gasteiger partial charge is 0.311 e. The van der Waals surface area contributed by atoms with Crippen molar-refractivity contribution in [3.8, 4) is 0 Å². The zero-order valence-corrected chi connectivity index (χ0v) is 11.4. The average molecular weight is 277 g/mol. The van der Waals surface area contributed by atoms with Crippen LogP contribution < -0.4 is 9.62 Å². The average Bonchev–Trinajstić information content (AvgIpc) is 2.51. The van der Waals surface area contributed by atoms with Crippen molar-refractivity contribution in [1.82, 2.24) is 5.32 Å². The predicted octanol–water partition coefficient (Wildman–Crippen LogP) is 1.37. The summed E-state index contributed by atoms with van der Waals surface area (Å²) in [7, 11) is -3.16. The number of fused-ring (bicyclic) bond motifs is 1. The fraction of sp³-hybridized carbons (Fsp3) is 0.455. The maximum absolute atomic E-state index is 12.0. The minimum Gasteiger partial charge on any atom is -0.311 e. The zero-order valence-electron chi connectivity index (χ0n) is 9.72. The summed E-state index contributed by atoms with van der Waals surface area (Å²) in [5.41, 5.74) is 1.85. The Labute approximate surface area is 108 Å². The molecular weight excluding hydrogens is 260 g/mol. The monoisotopic (exact) mass is 276 g/mol. The number of sulfonamides is 1. The van der Waals surface area contributed by atoms with Gasteiger partial charge in [0.05, 0.1) is 11.4 Å². The third-order valence-electron chi connectivity index (χ3n) is 2.77. The van der Waals surface area contributed by atoms with Crippen molar-refractivity contribution in [1.29, 1.82) is 0 Å². The molecule has 1 aliphatic heterocycles. The van der Waals surface area contributed by atoms with Gasteiger partial charge >= 0.3 is 0 Å². The Morgan fingerprint density at radius 1 is 1.35 bits per heavy atom. The van der Waals surface area contributed by atoms with E-state index >= 15 is 0 Å². The summed E-state index contributed by atoms with van der Waals surface area (Å²) in [6.45, 7) is 3.60. The standard InChI is InChI=1S/C11H16N2O2S.ClH/c1-2-16(14,15)13-8-7-12-9-10-5-3-4-6-11(10)13;/h3-6,12H,2,7-9H2,1H3;1H. The zero-order chi connectivity index (χ0) is 11.6. The van der Waals surface area contributed by atoms with Gasteiger partial charge in [0.15, 0.2) is 0 Å². The Balaban J connectivity index is 0.00000144. The van der Waals surface area contributed by atoms with Crippen LogP contribution in [-0.4, -0.2) is 27.3 Å². The molecule has 1 N–H and O–H groups in total. The van der Waals surface area contributed by atoms with E-state index in [9.17, 15) is 8.42 Å². The lowest BCUT2D eigenvalue weighted by Gasteiger charge is -2.23. The summed E-state index contributed by atoms with van der Waals surface area (Å²) in [6, 6.07) is 7.65. The Kier molecular flexibility index (Phi) is 4.80. The molecular formula is C11H17ClN2O2S. The molecule has 0 fully saturated rings. The number of anilines is 1. The third kappa shape index (κ3) is 2.91. The molecule has 1 aromatic rings. The highest BCUT2D eigenvalue weighted by Gasteiger charge is 2.23. The Hall–Kier alpha value is -0.780. The first-order valence-electron chi connectivity index (χ1n) is 5.44. The van der Waals surface area contributed by atoms with Crippen molar-refractivity contribution < 1.29 is 8.42 Å². The van der Waals surface area contributed by atoms with E-state index < -0.39 is 10.0 Å². The van der Waals surface area contributed by atoms with E-state index in [1.165, 1.54) is 4.31 Å². The first-order chi connectivity index (χ1) is 7.65. The molecule has 0 saturated heterocycles. The predicted molar refractivity (Wildman–Crippen MR) is 72.2 cm³/mol. The van der Waals surface area contributed by atoms with E-state index in [0.717, 1.165) is 17.8 Å². The number of benzene rings is 1. The molecule has 1 aromatic carbocycles. The second-order valence-corrected chi connectivity index (χ2v) is 5.96. The molecule has 96 valence electrons. The van der Waals surface area contributed by atoms with Gasteiger partial charge in [-0.15, -0.1) is 12.4 Å². The van der Waals surface area contributed by atoms with Crippen LogP contribution in [-0.2, 0) is 16.6 Å². The Morgan fingerprint density at radius 2 is 2.06 bits per heavy atom. The van der Waals surface area contributed by atoms with Crippen molar-refractivity contribution in [2.75, 3.05) is 23.1 Å². The lowest BCUT2D eigenvalue weighted by molar-refractivity contribution is 0.590.